The number of nitrogens with zero attached hydrogens (tertiary/aromatic N) is 2. The van der Waals surface area contributed by atoms with Gasteiger partial charge in [-0.2, -0.15) is 4.31 Å². The molecule has 0 unspecified atom stereocenters. The lowest BCUT2D eigenvalue weighted by Gasteiger charge is -2.23. The fourth-order valence-corrected chi connectivity index (χ4v) is 5.05. The van der Waals surface area contributed by atoms with E-state index >= 15 is 0 Å². The zero-order valence-corrected chi connectivity index (χ0v) is 19.1. The van der Waals surface area contributed by atoms with Gasteiger partial charge in [-0.25, -0.2) is 8.42 Å². The predicted octanol–water partition coefficient (Wildman–Crippen LogP) is 2.56. The molecule has 8 nitrogen and oxygen atoms in total. The van der Waals surface area contributed by atoms with E-state index in [2.05, 4.69) is 0 Å². The highest BCUT2D eigenvalue weighted by Gasteiger charge is 2.29. The first-order valence-electron chi connectivity index (χ1n) is 9.98. The summed E-state index contributed by atoms with van der Waals surface area (Å²) in [6.07, 6.45) is 0.543. The van der Waals surface area contributed by atoms with Crippen molar-refractivity contribution in [3.8, 4) is 17.2 Å². The fraction of sp³-hybridized carbons (Fsp3) is 0.409. The zero-order chi connectivity index (χ0) is 22.6. The summed E-state index contributed by atoms with van der Waals surface area (Å²) in [5, 5.41) is 0. The average molecular weight is 449 g/mol. The first-order chi connectivity index (χ1) is 14.8. The van der Waals surface area contributed by atoms with E-state index in [1.54, 1.807) is 41.3 Å². The van der Waals surface area contributed by atoms with Crippen LogP contribution in [0.25, 0.3) is 0 Å². The molecule has 0 bridgehead atoms. The molecule has 1 aliphatic heterocycles. The van der Waals surface area contributed by atoms with E-state index in [4.69, 9.17) is 14.2 Å². The Bertz CT molecular complexity index is 1010. The van der Waals surface area contributed by atoms with Crippen LogP contribution in [0.1, 0.15) is 22.3 Å². The molecule has 0 N–H and O–H groups in total. The first kappa shape index (κ1) is 22.9. The highest BCUT2D eigenvalue weighted by Crippen LogP contribution is 2.38. The van der Waals surface area contributed by atoms with E-state index in [9.17, 15) is 13.2 Å². The van der Waals surface area contributed by atoms with Crippen LogP contribution in [0.5, 0.6) is 17.2 Å². The molecule has 1 heterocycles. The van der Waals surface area contributed by atoms with Crippen LogP contribution in [0.3, 0.4) is 0 Å². The van der Waals surface area contributed by atoms with Crippen molar-refractivity contribution in [2.75, 3.05) is 47.5 Å². The van der Waals surface area contributed by atoms with Crippen LogP contribution in [0.4, 0.5) is 0 Å². The lowest BCUT2D eigenvalue weighted by atomic mass is 10.1. The number of rotatable bonds is 6. The second-order valence-corrected chi connectivity index (χ2v) is 9.21. The minimum Gasteiger partial charge on any atom is -0.493 e. The van der Waals surface area contributed by atoms with Crippen molar-refractivity contribution in [1.29, 1.82) is 0 Å². The van der Waals surface area contributed by atoms with Gasteiger partial charge in [0, 0.05) is 31.7 Å². The maximum absolute atomic E-state index is 13.2. The van der Waals surface area contributed by atoms with Gasteiger partial charge in [-0.15, -0.1) is 0 Å². The van der Waals surface area contributed by atoms with Crippen LogP contribution in [0.15, 0.2) is 41.3 Å². The van der Waals surface area contributed by atoms with Crippen molar-refractivity contribution in [3.05, 3.63) is 47.5 Å². The fourth-order valence-electron chi connectivity index (χ4n) is 3.58. The Hall–Kier alpha value is -2.78. The van der Waals surface area contributed by atoms with Gasteiger partial charge in [0.15, 0.2) is 11.5 Å². The van der Waals surface area contributed by atoms with Crippen LogP contribution >= 0.6 is 0 Å². The van der Waals surface area contributed by atoms with Crippen LogP contribution in [0.2, 0.25) is 0 Å². The molecule has 0 atom stereocenters. The summed E-state index contributed by atoms with van der Waals surface area (Å²) >= 11 is 0. The number of sulfonamides is 1. The van der Waals surface area contributed by atoms with Gasteiger partial charge in [-0.1, -0.05) is 17.7 Å². The number of hydrogen-bond acceptors (Lipinski definition) is 6. The highest BCUT2D eigenvalue weighted by molar-refractivity contribution is 7.89. The molecule has 1 aliphatic rings. The minimum absolute atomic E-state index is 0.214. The Morgan fingerprint density at radius 1 is 0.871 bits per heavy atom. The second kappa shape index (κ2) is 9.57. The average Bonchev–Trinajstić information content (AvgIpc) is 3.04. The third-order valence-electron chi connectivity index (χ3n) is 5.31. The van der Waals surface area contributed by atoms with Gasteiger partial charge in [0.2, 0.25) is 15.8 Å². The van der Waals surface area contributed by atoms with Crippen molar-refractivity contribution in [2.45, 2.75) is 18.2 Å². The van der Waals surface area contributed by atoms with E-state index in [-0.39, 0.29) is 17.3 Å². The number of ether oxygens (including phenoxy) is 3. The number of methoxy groups -OCH3 is 3. The number of amides is 1. The molecule has 9 heteroatoms. The van der Waals surface area contributed by atoms with Crippen molar-refractivity contribution in [2.24, 2.45) is 0 Å². The number of carbonyl (C=O) groups is 1. The topological polar surface area (TPSA) is 85.4 Å². The van der Waals surface area contributed by atoms with E-state index in [1.807, 2.05) is 6.92 Å². The monoisotopic (exact) mass is 448 g/mol. The molecule has 0 aliphatic carbocycles. The molecule has 0 radical (unpaired) electrons. The Morgan fingerprint density at radius 2 is 1.48 bits per heavy atom. The molecular formula is C22H28N2O6S. The van der Waals surface area contributed by atoms with E-state index < -0.39 is 10.0 Å². The third kappa shape index (κ3) is 4.77. The van der Waals surface area contributed by atoms with Crippen LogP contribution in [-0.2, 0) is 10.0 Å². The van der Waals surface area contributed by atoms with Gasteiger partial charge in [-0.3, -0.25) is 4.79 Å². The molecule has 1 amide bonds. The summed E-state index contributed by atoms with van der Waals surface area (Å²) in [5.74, 6) is 0.980. The Morgan fingerprint density at radius 3 is 2.03 bits per heavy atom. The molecule has 2 aromatic carbocycles. The van der Waals surface area contributed by atoms with E-state index in [0.29, 0.717) is 48.9 Å². The SMILES string of the molecule is COc1cc(C(=O)N2CCCN(S(=O)(=O)c3ccc(C)cc3)CC2)cc(OC)c1OC. The highest BCUT2D eigenvalue weighted by atomic mass is 32.2. The lowest BCUT2D eigenvalue weighted by Crippen LogP contribution is -2.37. The summed E-state index contributed by atoms with van der Waals surface area (Å²) < 4.78 is 43.5. The van der Waals surface area contributed by atoms with Gasteiger partial charge in [0.05, 0.1) is 26.2 Å². The normalized spacial score (nSPS) is 15.3. The second-order valence-electron chi connectivity index (χ2n) is 7.28. The third-order valence-corrected chi connectivity index (χ3v) is 7.23. The Kier molecular flexibility index (Phi) is 7.07. The van der Waals surface area contributed by atoms with Crippen LogP contribution < -0.4 is 14.2 Å². The molecule has 1 saturated heterocycles. The molecule has 168 valence electrons. The van der Waals surface area contributed by atoms with E-state index in [0.717, 1.165) is 5.56 Å². The molecule has 3 rings (SSSR count). The number of aryl methyl sites for hydroxylation is 1. The van der Waals surface area contributed by atoms with Crippen molar-refractivity contribution < 1.29 is 27.4 Å². The number of carbonyl (C=O) groups excluding carboxylic acids is 1. The number of benzene rings is 2. The molecule has 0 spiro atoms. The molecule has 1 fully saturated rings. The van der Waals surface area contributed by atoms with Crippen LogP contribution in [0, 0.1) is 6.92 Å². The standard InChI is InChI=1S/C22H28N2O6S/c1-16-6-8-18(9-7-16)31(26,27)24-11-5-10-23(12-13-24)22(25)17-14-19(28-2)21(30-4)20(15-17)29-3/h6-9,14-15H,5,10-13H2,1-4H3. The maximum atomic E-state index is 13.2. The van der Waals surface area contributed by atoms with Gasteiger partial charge in [0.1, 0.15) is 0 Å². The molecule has 0 aromatic heterocycles. The van der Waals surface area contributed by atoms with Gasteiger partial charge < -0.3 is 19.1 Å². The molecular weight excluding hydrogens is 420 g/mol. The smallest absolute Gasteiger partial charge is 0.254 e. The molecule has 0 saturated carbocycles. The number of hydrogen-bond donors (Lipinski definition) is 0. The summed E-state index contributed by atoms with van der Waals surface area (Å²) in [7, 11) is 0.875. The zero-order valence-electron chi connectivity index (χ0n) is 18.3. The summed E-state index contributed by atoms with van der Waals surface area (Å²) in [6, 6.07) is 10.0. The van der Waals surface area contributed by atoms with E-state index in [1.165, 1.54) is 25.6 Å². The van der Waals surface area contributed by atoms with Crippen molar-refractivity contribution in [1.82, 2.24) is 9.21 Å². The Balaban J connectivity index is 1.79. The Labute approximate surface area is 183 Å². The quantitative estimate of drug-likeness (QED) is 0.675. The molecule has 31 heavy (non-hydrogen) atoms. The predicted molar refractivity (Wildman–Crippen MR) is 117 cm³/mol. The summed E-state index contributed by atoms with van der Waals surface area (Å²) in [4.78, 5) is 15.1. The minimum atomic E-state index is -3.61. The maximum Gasteiger partial charge on any atom is 0.254 e. The summed E-state index contributed by atoms with van der Waals surface area (Å²) in [6.45, 7) is 3.24. The van der Waals surface area contributed by atoms with Crippen molar-refractivity contribution in [3.63, 3.8) is 0 Å². The molecule has 2 aromatic rings. The van der Waals surface area contributed by atoms with Gasteiger partial charge in [-0.05, 0) is 37.6 Å². The van der Waals surface area contributed by atoms with Crippen molar-refractivity contribution >= 4 is 15.9 Å². The largest absolute Gasteiger partial charge is 0.493 e. The van der Waals surface area contributed by atoms with Gasteiger partial charge >= 0.3 is 0 Å². The first-order valence-corrected chi connectivity index (χ1v) is 11.4. The lowest BCUT2D eigenvalue weighted by molar-refractivity contribution is 0.0763. The van der Waals surface area contributed by atoms with Gasteiger partial charge in [0.25, 0.3) is 5.91 Å². The summed E-state index contributed by atoms with van der Waals surface area (Å²) in [5.41, 5.74) is 1.39. The van der Waals surface area contributed by atoms with Crippen LogP contribution in [-0.4, -0.2) is 71.0 Å².